The molecular formula is C19H25N3. The van der Waals surface area contributed by atoms with Crippen molar-refractivity contribution in [1.29, 1.82) is 0 Å². The first-order valence-corrected chi connectivity index (χ1v) is 8.06. The SMILES string of the molecule is Cc1ccccc1N1CCN(C(C)c2ccccc2N)CC1. The Labute approximate surface area is 133 Å². The number of benzene rings is 2. The first-order valence-electron chi connectivity index (χ1n) is 8.06. The van der Waals surface area contributed by atoms with Crippen LogP contribution in [0.2, 0.25) is 0 Å². The molecule has 3 rings (SSSR count). The third-order valence-corrected chi connectivity index (χ3v) is 4.76. The smallest absolute Gasteiger partial charge is 0.0396 e. The zero-order valence-electron chi connectivity index (χ0n) is 13.5. The number of hydrogen-bond donors (Lipinski definition) is 1. The molecule has 1 aliphatic heterocycles. The fourth-order valence-electron chi connectivity index (χ4n) is 3.36. The molecule has 116 valence electrons. The minimum atomic E-state index is 0.375. The van der Waals surface area contributed by atoms with E-state index >= 15 is 0 Å². The van der Waals surface area contributed by atoms with Crippen LogP contribution < -0.4 is 10.6 Å². The van der Waals surface area contributed by atoms with E-state index in [0.717, 1.165) is 31.9 Å². The largest absolute Gasteiger partial charge is 0.398 e. The second-order valence-electron chi connectivity index (χ2n) is 6.11. The van der Waals surface area contributed by atoms with Crippen LogP contribution in [0.3, 0.4) is 0 Å². The Bertz CT molecular complexity index is 630. The number of nitrogen functional groups attached to an aromatic ring is 1. The van der Waals surface area contributed by atoms with Crippen molar-refractivity contribution in [3.63, 3.8) is 0 Å². The number of piperazine rings is 1. The Morgan fingerprint density at radius 3 is 2.23 bits per heavy atom. The zero-order valence-corrected chi connectivity index (χ0v) is 13.5. The minimum Gasteiger partial charge on any atom is -0.398 e. The molecule has 22 heavy (non-hydrogen) atoms. The quantitative estimate of drug-likeness (QED) is 0.880. The van der Waals surface area contributed by atoms with Crippen molar-refractivity contribution < 1.29 is 0 Å². The predicted molar refractivity (Wildman–Crippen MR) is 94.2 cm³/mol. The summed E-state index contributed by atoms with van der Waals surface area (Å²) >= 11 is 0. The summed E-state index contributed by atoms with van der Waals surface area (Å²) in [5.74, 6) is 0. The molecule has 0 aliphatic carbocycles. The maximum Gasteiger partial charge on any atom is 0.0396 e. The molecule has 1 aliphatic rings. The topological polar surface area (TPSA) is 32.5 Å². The molecule has 3 nitrogen and oxygen atoms in total. The zero-order chi connectivity index (χ0) is 15.5. The maximum absolute atomic E-state index is 6.13. The second kappa shape index (κ2) is 6.41. The van der Waals surface area contributed by atoms with Crippen LogP contribution in [0.1, 0.15) is 24.1 Å². The van der Waals surface area contributed by atoms with Crippen LogP contribution in [0, 0.1) is 6.92 Å². The van der Waals surface area contributed by atoms with E-state index < -0.39 is 0 Å². The fourth-order valence-corrected chi connectivity index (χ4v) is 3.36. The third-order valence-electron chi connectivity index (χ3n) is 4.76. The maximum atomic E-state index is 6.13. The molecular weight excluding hydrogens is 270 g/mol. The van der Waals surface area contributed by atoms with Crippen LogP contribution in [-0.4, -0.2) is 31.1 Å². The van der Waals surface area contributed by atoms with Crippen LogP contribution in [0.15, 0.2) is 48.5 Å². The van der Waals surface area contributed by atoms with Gasteiger partial charge < -0.3 is 10.6 Å². The Morgan fingerprint density at radius 1 is 0.909 bits per heavy atom. The number of nitrogens with zero attached hydrogens (tertiary/aromatic N) is 2. The Kier molecular flexibility index (Phi) is 4.34. The van der Waals surface area contributed by atoms with Gasteiger partial charge in [-0.1, -0.05) is 36.4 Å². The van der Waals surface area contributed by atoms with E-state index in [1.807, 2.05) is 12.1 Å². The van der Waals surface area contributed by atoms with Gasteiger partial charge in [0.2, 0.25) is 0 Å². The summed E-state index contributed by atoms with van der Waals surface area (Å²) in [5, 5.41) is 0. The molecule has 0 spiro atoms. The van der Waals surface area contributed by atoms with E-state index in [2.05, 4.69) is 60.0 Å². The fraction of sp³-hybridized carbons (Fsp3) is 0.368. The van der Waals surface area contributed by atoms with Gasteiger partial charge in [0.1, 0.15) is 0 Å². The van der Waals surface area contributed by atoms with Crippen LogP contribution in [0.25, 0.3) is 0 Å². The standard InChI is InChI=1S/C19H25N3/c1-15-7-3-6-10-19(15)22-13-11-21(12-14-22)16(2)17-8-4-5-9-18(17)20/h3-10,16H,11-14,20H2,1-2H3. The average molecular weight is 295 g/mol. The molecule has 2 aromatic rings. The Balaban J connectivity index is 1.67. The van der Waals surface area contributed by atoms with Gasteiger partial charge in [0.25, 0.3) is 0 Å². The predicted octanol–water partition coefficient (Wildman–Crippen LogP) is 3.46. The normalized spacial score (nSPS) is 17.5. The summed E-state index contributed by atoms with van der Waals surface area (Å²) in [6.45, 7) is 8.74. The van der Waals surface area contributed by atoms with Gasteiger partial charge in [-0.25, -0.2) is 0 Å². The molecule has 1 unspecified atom stereocenters. The second-order valence-corrected chi connectivity index (χ2v) is 6.11. The summed E-state index contributed by atoms with van der Waals surface area (Å²) in [5.41, 5.74) is 11.0. The first-order chi connectivity index (χ1) is 10.7. The van der Waals surface area contributed by atoms with Crippen molar-refractivity contribution in [2.45, 2.75) is 19.9 Å². The molecule has 2 aromatic carbocycles. The molecule has 1 heterocycles. The van der Waals surface area contributed by atoms with Crippen molar-refractivity contribution in [2.75, 3.05) is 36.8 Å². The summed E-state index contributed by atoms with van der Waals surface area (Å²) in [4.78, 5) is 5.02. The van der Waals surface area contributed by atoms with E-state index in [1.54, 1.807) is 0 Å². The summed E-state index contributed by atoms with van der Waals surface area (Å²) in [7, 11) is 0. The van der Waals surface area contributed by atoms with Gasteiger partial charge in [-0.2, -0.15) is 0 Å². The summed E-state index contributed by atoms with van der Waals surface area (Å²) in [6, 6.07) is 17.2. The van der Waals surface area contributed by atoms with Crippen molar-refractivity contribution in [3.8, 4) is 0 Å². The van der Waals surface area contributed by atoms with Crippen molar-refractivity contribution in [2.24, 2.45) is 0 Å². The van der Waals surface area contributed by atoms with Crippen LogP contribution in [0.5, 0.6) is 0 Å². The lowest BCUT2D eigenvalue weighted by Crippen LogP contribution is -2.47. The highest BCUT2D eigenvalue weighted by atomic mass is 15.3. The molecule has 1 atom stereocenters. The number of hydrogen-bond acceptors (Lipinski definition) is 3. The molecule has 0 aromatic heterocycles. The van der Waals surface area contributed by atoms with E-state index in [4.69, 9.17) is 5.73 Å². The third kappa shape index (κ3) is 2.95. The molecule has 3 heteroatoms. The van der Waals surface area contributed by atoms with Crippen molar-refractivity contribution >= 4 is 11.4 Å². The number of rotatable bonds is 3. The lowest BCUT2D eigenvalue weighted by Gasteiger charge is -2.40. The lowest BCUT2D eigenvalue weighted by molar-refractivity contribution is 0.199. The number of aryl methyl sites for hydroxylation is 1. The van der Waals surface area contributed by atoms with E-state index in [0.29, 0.717) is 6.04 Å². The van der Waals surface area contributed by atoms with E-state index in [1.165, 1.54) is 16.8 Å². The van der Waals surface area contributed by atoms with Crippen molar-refractivity contribution in [1.82, 2.24) is 4.90 Å². The number of nitrogens with two attached hydrogens (primary N) is 1. The van der Waals surface area contributed by atoms with Gasteiger partial charge in [0.05, 0.1) is 0 Å². The summed E-state index contributed by atoms with van der Waals surface area (Å²) in [6.07, 6.45) is 0. The van der Waals surface area contributed by atoms with Gasteiger partial charge in [0.15, 0.2) is 0 Å². The molecule has 0 bridgehead atoms. The van der Waals surface area contributed by atoms with Gasteiger partial charge >= 0.3 is 0 Å². The Morgan fingerprint density at radius 2 is 1.55 bits per heavy atom. The van der Waals surface area contributed by atoms with Gasteiger partial charge in [0, 0.05) is 43.6 Å². The van der Waals surface area contributed by atoms with Gasteiger partial charge in [-0.3, -0.25) is 4.90 Å². The van der Waals surface area contributed by atoms with Gasteiger partial charge in [-0.05, 0) is 37.1 Å². The van der Waals surface area contributed by atoms with E-state index in [9.17, 15) is 0 Å². The molecule has 1 fully saturated rings. The summed E-state index contributed by atoms with van der Waals surface area (Å²) < 4.78 is 0. The van der Waals surface area contributed by atoms with E-state index in [-0.39, 0.29) is 0 Å². The number of para-hydroxylation sites is 2. The van der Waals surface area contributed by atoms with Crippen LogP contribution in [0.4, 0.5) is 11.4 Å². The Hall–Kier alpha value is -2.00. The lowest BCUT2D eigenvalue weighted by atomic mass is 10.0. The van der Waals surface area contributed by atoms with Crippen LogP contribution >= 0.6 is 0 Å². The van der Waals surface area contributed by atoms with Crippen molar-refractivity contribution in [3.05, 3.63) is 59.7 Å². The van der Waals surface area contributed by atoms with Crippen LogP contribution in [-0.2, 0) is 0 Å². The monoisotopic (exact) mass is 295 g/mol. The number of anilines is 2. The molecule has 2 N–H and O–H groups in total. The highest BCUT2D eigenvalue weighted by Crippen LogP contribution is 2.28. The molecule has 0 radical (unpaired) electrons. The molecule has 0 saturated carbocycles. The molecule has 0 amide bonds. The van der Waals surface area contributed by atoms with Gasteiger partial charge in [-0.15, -0.1) is 0 Å². The average Bonchev–Trinajstić information content (AvgIpc) is 2.55. The first kappa shape index (κ1) is 14.9. The molecule has 1 saturated heterocycles. The highest BCUT2D eigenvalue weighted by molar-refractivity contribution is 5.53. The minimum absolute atomic E-state index is 0.375. The highest BCUT2D eigenvalue weighted by Gasteiger charge is 2.23.